The van der Waals surface area contributed by atoms with E-state index in [2.05, 4.69) is 15.9 Å². The van der Waals surface area contributed by atoms with Gasteiger partial charge in [0.25, 0.3) is 0 Å². The fourth-order valence-electron chi connectivity index (χ4n) is 2.23. The van der Waals surface area contributed by atoms with Gasteiger partial charge in [-0.1, -0.05) is 34.8 Å². The Hall–Kier alpha value is -0.120. The molecule has 1 saturated carbocycles. The molecule has 1 nitrogen and oxygen atoms in total. The summed E-state index contributed by atoms with van der Waals surface area (Å²) in [5.41, 5.74) is 6.41. The Morgan fingerprint density at radius 2 is 1.87 bits per heavy atom. The zero-order valence-corrected chi connectivity index (χ0v) is 10.7. The second-order valence-corrected chi connectivity index (χ2v) is 4.81. The summed E-state index contributed by atoms with van der Waals surface area (Å²) < 4.78 is 14.4. The average molecular weight is 295 g/mol. The van der Waals surface area contributed by atoms with Crippen molar-refractivity contribution in [3.05, 3.63) is 34.1 Å². The van der Waals surface area contributed by atoms with Crippen molar-refractivity contribution in [3.8, 4) is 0 Å². The van der Waals surface area contributed by atoms with Crippen LogP contribution in [0.5, 0.6) is 0 Å². The maximum atomic E-state index is 13.6. The van der Waals surface area contributed by atoms with Crippen LogP contribution in [0.15, 0.2) is 22.7 Å². The maximum absolute atomic E-state index is 13.6. The van der Waals surface area contributed by atoms with Crippen LogP contribution in [0.1, 0.15) is 31.2 Å². The van der Waals surface area contributed by atoms with Gasteiger partial charge in [-0.3, -0.25) is 0 Å². The van der Waals surface area contributed by atoms with Gasteiger partial charge in [0.15, 0.2) is 0 Å². The third-order valence-electron chi connectivity index (χ3n) is 2.96. The average Bonchev–Trinajstić information content (AvgIpc) is 2.52. The molecule has 0 bridgehead atoms. The third kappa shape index (κ3) is 2.35. The van der Waals surface area contributed by atoms with Gasteiger partial charge in [0.2, 0.25) is 0 Å². The predicted octanol–water partition coefficient (Wildman–Crippen LogP) is 3.74. The van der Waals surface area contributed by atoms with Crippen LogP contribution in [0.25, 0.3) is 0 Å². The van der Waals surface area contributed by atoms with E-state index in [0.717, 1.165) is 30.2 Å². The van der Waals surface area contributed by atoms with Gasteiger partial charge < -0.3 is 5.73 Å². The topological polar surface area (TPSA) is 26.0 Å². The molecule has 4 heteroatoms. The van der Waals surface area contributed by atoms with Crippen molar-refractivity contribution in [2.24, 2.45) is 5.73 Å². The second-order valence-electron chi connectivity index (χ2n) is 3.96. The molecule has 1 aliphatic rings. The number of nitrogens with two attached hydrogens (primary N) is 1. The molecule has 0 aliphatic heterocycles. The van der Waals surface area contributed by atoms with Gasteiger partial charge in [-0.05, 0) is 25.0 Å². The molecule has 2 N–H and O–H groups in total. The zero-order chi connectivity index (χ0) is 10.2. The van der Waals surface area contributed by atoms with Crippen LogP contribution < -0.4 is 5.73 Å². The first-order chi connectivity index (χ1) is 6.63. The van der Waals surface area contributed by atoms with E-state index in [-0.39, 0.29) is 18.2 Å². The largest absolute Gasteiger partial charge is 0.321 e. The number of rotatable bonds is 1. The van der Waals surface area contributed by atoms with Gasteiger partial charge in [0.1, 0.15) is 5.82 Å². The highest BCUT2D eigenvalue weighted by molar-refractivity contribution is 9.10. The Balaban J connectivity index is 0.00000112. The summed E-state index contributed by atoms with van der Waals surface area (Å²) in [4.78, 5) is 0. The van der Waals surface area contributed by atoms with Gasteiger partial charge in [-0.15, -0.1) is 12.4 Å². The number of benzene rings is 1. The van der Waals surface area contributed by atoms with E-state index in [9.17, 15) is 4.39 Å². The van der Waals surface area contributed by atoms with Crippen LogP contribution >= 0.6 is 28.3 Å². The standard InChI is InChI=1S/C11H13BrFN.ClH/c12-8-4-3-5-9(13)10(8)11(14)6-1-2-7-11;/h3-5H,1-2,6-7,14H2;1H. The molecule has 0 heterocycles. The Bertz CT molecular complexity index is 330. The number of hydrogen-bond acceptors (Lipinski definition) is 1. The molecule has 84 valence electrons. The maximum Gasteiger partial charge on any atom is 0.129 e. The smallest absolute Gasteiger partial charge is 0.129 e. The summed E-state index contributed by atoms with van der Waals surface area (Å²) in [7, 11) is 0. The first-order valence-electron chi connectivity index (χ1n) is 4.87. The lowest BCUT2D eigenvalue weighted by Gasteiger charge is -2.25. The molecule has 15 heavy (non-hydrogen) atoms. The molecule has 0 amide bonds. The summed E-state index contributed by atoms with van der Waals surface area (Å²) in [6.07, 6.45) is 3.95. The minimum atomic E-state index is -0.454. The Labute approximate surface area is 104 Å². The van der Waals surface area contributed by atoms with E-state index < -0.39 is 5.54 Å². The van der Waals surface area contributed by atoms with Gasteiger partial charge >= 0.3 is 0 Å². The molecule has 2 rings (SSSR count). The molecule has 0 atom stereocenters. The van der Waals surface area contributed by atoms with E-state index >= 15 is 0 Å². The molecule has 0 spiro atoms. The molecular formula is C11H14BrClFN. The molecule has 1 aromatic rings. The first kappa shape index (κ1) is 12.9. The van der Waals surface area contributed by atoms with Crippen LogP contribution in [-0.2, 0) is 5.54 Å². The fourth-order valence-corrected chi connectivity index (χ4v) is 2.97. The SMILES string of the molecule is Cl.NC1(c2c(F)cccc2Br)CCCC1. The first-order valence-corrected chi connectivity index (χ1v) is 5.66. The Morgan fingerprint density at radius 3 is 2.40 bits per heavy atom. The minimum absolute atomic E-state index is 0. The lowest BCUT2D eigenvalue weighted by molar-refractivity contribution is 0.431. The highest BCUT2D eigenvalue weighted by Crippen LogP contribution is 2.40. The highest BCUT2D eigenvalue weighted by atomic mass is 79.9. The summed E-state index contributed by atoms with van der Waals surface area (Å²) in [6, 6.07) is 5.03. The van der Waals surface area contributed by atoms with Crippen molar-refractivity contribution in [2.45, 2.75) is 31.2 Å². The van der Waals surface area contributed by atoms with E-state index in [4.69, 9.17) is 5.73 Å². The predicted molar refractivity (Wildman–Crippen MR) is 65.7 cm³/mol. The lowest BCUT2D eigenvalue weighted by Crippen LogP contribution is -2.34. The Kier molecular flexibility index (Phi) is 4.15. The van der Waals surface area contributed by atoms with Crippen molar-refractivity contribution in [3.63, 3.8) is 0 Å². The fraction of sp³-hybridized carbons (Fsp3) is 0.455. The van der Waals surface area contributed by atoms with Crippen LogP contribution in [0.4, 0.5) is 4.39 Å². The summed E-state index contributed by atoms with van der Waals surface area (Å²) in [5, 5.41) is 0. The number of hydrogen-bond donors (Lipinski definition) is 1. The van der Waals surface area contributed by atoms with E-state index in [0.29, 0.717) is 5.56 Å². The summed E-state index contributed by atoms with van der Waals surface area (Å²) >= 11 is 3.37. The van der Waals surface area contributed by atoms with Crippen LogP contribution in [0, 0.1) is 5.82 Å². The molecule has 1 fully saturated rings. The van der Waals surface area contributed by atoms with Crippen molar-refractivity contribution >= 4 is 28.3 Å². The minimum Gasteiger partial charge on any atom is -0.321 e. The van der Waals surface area contributed by atoms with Crippen LogP contribution in [0.3, 0.4) is 0 Å². The molecule has 0 saturated heterocycles. The highest BCUT2D eigenvalue weighted by Gasteiger charge is 2.35. The lowest BCUT2D eigenvalue weighted by atomic mass is 9.89. The molecule has 0 aromatic heterocycles. The van der Waals surface area contributed by atoms with E-state index in [1.54, 1.807) is 6.07 Å². The molecular weight excluding hydrogens is 280 g/mol. The van der Waals surface area contributed by atoms with Gasteiger partial charge in [0, 0.05) is 15.6 Å². The van der Waals surface area contributed by atoms with E-state index in [1.807, 2.05) is 6.07 Å². The van der Waals surface area contributed by atoms with Gasteiger partial charge in [-0.25, -0.2) is 4.39 Å². The normalized spacial score (nSPS) is 18.6. The van der Waals surface area contributed by atoms with Crippen molar-refractivity contribution < 1.29 is 4.39 Å². The Morgan fingerprint density at radius 1 is 1.27 bits per heavy atom. The van der Waals surface area contributed by atoms with Crippen LogP contribution in [0.2, 0.25) is 0 Å². The van der Waals surface area contributed by atoms with Gasteiger partial charge in [-0.2, -0.15) is 0 Å². The summed E-state index contributed by atoms with van der Waals surface area (Å²) in [6.45, 7) is 0. The summed E-state index contributed by atoms with van der Waals surface area (Å²) in [5.74, 6) is -0.191. The van der Waals surface area contributed by atoms with E-state index in [1.165, 1.54) is 6.07 Å². The third-order valence-corrected chi connectivity index (χ3v) is 3.62. The number of halogens is 3. The van der Waals surface area contributed by atoms with Crippen molar-refractivity contribution in [1.82, 2.24) is 0 Å². The quantitative estimate of drug-likeness (QED) is 0.839. The molecule has 0 unspecified atom stereocenters. The molecule has 1 aliphatic carbocycles. The zero-order valence-electron chi connectivity index (χ0n) is 8.30. The monoisotopic (exact) mass is 293 g/mol. The van der Waals surface area contributed by atoms with Crippen molar-refractivity contribution in [1.29, 1.82) is 0 Å². The molecule has 0 radical (unpaired) electrons. The second kappa shape index (κ2) is 4.81. The van der Waals surface area contributed by atoms with Crippen molar-refractivity contribution in [2.75, 3.05) is 0 Å². The molecule has 1 aromatic carbocycles. The van der Waals surface area contributed by atoms with Gasteiger partial charge in [0.05, 0.1) is 0 Å². The van der Waals surface area contributed by atoms with Crippen LogP contribution in [-0.4, -0.2) is 0 Å².